The molecule has 0 aromatic heterocycles. The first-order valence-corrected chi connectivity index (χ1v) is 6.67. The standard InChI is InChI=1S/C16H15F2NO2/c1-19-15-9-21-16-7-13(2-3-14(15)16)20-8-10-4-11(17)6-12(18)5-10/h2-7,15,19H,8-9H2,1H3. The van der Waals surface area contributed by atoms with Crippen LogP contribution >= 0.6 is 0 Å². The molecule has 2 aromatic rings. The molecule has 0 bridgehead atoms. The molecule has 1 aliphatic rings. The smallest absolute Gasteiger partial charge is 0.127 e. The average Bonchev–Trinajstić information content (AvgIpc) is 2.86. The summed E-state index contributed by atoms with van der Waals surface area (Å²) < 4.78 is 37.3. The number of likely N-dealkylation sites (N-methyl/N-ethyl adjacent to an activating group) is 1. The van der Waals surface area contributed by atoms with E-state index in [2.05, 4.69) is 5.32 Å². The van der Waals surface area contributed by atoms with Crippen molar-refractivity contribution in [2.45, 2.75) is 12.6 Å². The van der Waals surface area contributed by atoms with Crippen LogP contribution in [0.2, 0.25) is 0 Å². The molecular weight excluding hydrogens is 276 g/mol. The molecule has 2 aromatic carbocycles. The normalized spacial score (nSPS) is 16.4. The third-order valence-electron chi connectivity index (χ3n) is 3.44. The molecular formula is C16H15F2NO2. The fourth-order valence-electron chi connectivity index (χ4n) is 2.38. The van der Waals surface area contributed by atoms with Crippen molar-refractivity contribution in [2.24, 2.45) is 0 Å². The van der Waals surface area contributed by atoms with Gasteiger partial charge < -0.3 is 14.8 Å². The van der Waals surface area contributed by atoms with Crippen molar-refractivity contribution in [3.63, 3.8) is 0 Å². The van der Waals surface area contributed by atoms with Gasteiger partial charge >= 0.3 is 0 Å². The van der Waals surface area contributed by atoms with Crippen LogP contribution in [0, 0.1) is 11.6 Å². The Hall–Kier alpha value is -2.14. The van der Waals surface area contributed by atoms with Crippen LogP contribution in [0.1, 0.15) is 17.2 Å². The zero-order valence-corrected chi connectivity index (χ0v) is 11.5. The molecule has 3 nitrogen and oxygen atoms in total. The lowest BCUT2D eigenvalue weighted by Crippen LogP contribution is -2.17. The Bertz CT molecular complexity index is 640. The molecule has 0 saturated carbocycles. The highest BCUT2D eigenvalue weighted by Gasteiger charge is 2.22. The molecule has 1 heterocycles. The summed E-state index contributed by atoms with van der Waals surface area (Å²) in [6, 6.07) is 9.09. The van der Waals surface area contributed by atoms with Gasteiger partial charge in [-0.25, -0.2) is 8.78 Å². The van der Waals surface area contributed by atoms with Crippen LogP contribution in [-0.4, -0.2) is 13.7 Å². The number of hydrogen-bond donors (Lipinski definition) is 1. The summed E-state index contributed by atoms with van der Waals surface area (Å²) in [6.07, 6.45) is 0. The van der Waals surface area contributed by atoms with E-state index in [1.165, 1.54) is 12.1 Å². The zero-order valence-electron chi connectivity index (χ0n) is 11.5. The van der Waals surface area contributed by atoms with Crippen molar-refractivity contribution in [1.29, 1.82) is 0 Å². The number of nitrogens with one attached hydrogen (secondary N) is 1. The van der Waals surface area contributed by atoms with Crippen LogP contribution < -0.4 is 14.8 Å². The molecule has 21 heavy (non-hydrogen) atoms. The molecule has 1 unspecified atom stereocenters. The average molecular weight is 291 g/mol. The first-order valence-electron chi connectivity index (χ1n) is 6.67. The van der Waals surface area contributed by atoms with Crippen molar-refractivity contribution >= 4 is 0 Å². The van der Waals surface area contributed by atoms with Gasteiger partial charge in [0, 0.05) is 17.7 Å². The lowest BCUT2D eigenvalue weighted by Gasteiger charge is -2.09. The molecule has 3 rings (SSSR count). The second-order valence-corrected chi connectivity index (χ2v) is 4.92. The second kappa shape index (κ2) is 5.69. The van der Waals surface area contributed by atoms with E-state index in [1.54, 1.807) is 6.07 Å². The van der Waals surface area contributed by atoms with Crippen molar-refractivity contribution in [3.05, 3.63) is 59.2 Å². The zero-order chi connectivity index (χ0) is 14.8. The highest BCUT2D eigenvalue weighted by molar-refractivity contribution is 5.45. The minimum Gasteiger partial charge on any atom is -0.491 e. The summed E-state index contributed by atoms with van der Waals surface area (Å²) in [5.74, 6) is 0.165. The van der Waals surface area contributed by atoms with Gasteiger partial charge in [-0.3, -0.25) is 0 Å². The predicted molar refractivity (Wildman–Crippen MR) is 74.4 cm³/mol. The lowest BCUT2D eigenvalue weighted by atomic mass is 10.1. The summed E-state index contributed by atoms with van der Waals surface area (Å²) in [7, 11) is 1.88. The Morgan fingerprint density at radius 1 is 1.19 bits per heavy atom. The van der Waals surface area contributed by atoms with Crippen molar-refractivity contribution in [2.75, 3.05) is 13.7 Å². The maximum Gasteiger partial charge on any atom is 0.127 e. The number of fused-ring (bicyclic) bond motifs is 1. The second-order valence-electron chi connectivity index (χ2n) is 4.92. The van der Waals surface area contributed by atoms with Gasteiger partial charge in [0.05, 0.1) is 6.04 Å². The Kier molecular flexibility index (Phi) is 3.75. The summed E-state index contributed by atoms with van der Waals surface area (Å²) in [5, 5.41) is 3.16. The molecule has 0 amide bonds. The van der Waals surface area contributed by atoms with Crippen molar-refractivity contribution < 1.29 is 18.3 Å². The topological polar surface area (TPSA) is 30.5 Å². The van der Waals surface area contributed by atoms with E-state index in [4.69, 9.17) is 9.47 Å². The Morgan fingerprint density at radius 3 is 2.67 bits per heavy atom. The predicted octanol–water partition coefficient (Wildman–Crippen LogP) is 3.20. The minimum atomic E-state index is -0.609. The van der Waals surface area contributed by atoms with Crippen LogP contribution in [0.15, 0.2) is 36.4 Å². The van der Waals surface area contributed by atoms with E-state index in [-0.39, 0.29) is 12.6 Å². The molecule has 1 N–H and O–H groups in total. The molecule has 0 saturated heterocycles. The monoisotopic (exact) mass is 291 g/mol. The number of benzene rings is 2. The highest BCUT2D eigenvalue weighted by atomic mass is 19.1. The van der Waals surface area contributed by atoms with E-state index in [9.17, 15) is 8.78 Å². The molecule has 1 aliphatic heterocycles. The van der Waals surface area contributed by atoms with Gasteiger partial charge in [-0.1, -0.05) is 0 Å². The van der Waals surface area contributed by atoms with Gasteiger partial charge in [0.15, 0.2) is 0 Å². The molecule has 110 valence electrons. The van der Waals surface area contributed by atoms with Gasteiger partial charge in [-0.2, -0.15) is 0 Å². The SMILES string of the molecule is CNC1COc2cc(OCc3cc(F)cc(F)c3)ccc21. The minimum absolute atomic E-state index is 0.100. The fraction of sp³-hybridized carbons (Fsp3) is 0.250. The first kappa shape index (κ1) is 13.8. The van der Waals surface area contributed by atoms with Crippen LogP contribution in [0.3, 0.4) is 0 Å². The summed E-state index contributed by atoms with van der Waals surface area (Å²) in [5.41, 5.74) is 1.53. The van der Waals surface area contributed by atoms with E-state index in [1.807, 2.05) is 19.2 Å². The highest BCUT2D eigenvalue weighted by Crippen LogP contribution is 2.35. The number of halogens is 2. The molecule has 0 radical (unpaired) electrons. The number of ether oxygens (including phenoxy) is 2. The first-order chi connectivity index (χ1) is 10.2. The molecule has 0 spiro atoms. The Morgan fingerprint density at radius 2 is 1.95 bits per heavy atom. The van der Waals surface area contributed by atoms with Crippen LogP contribution in [0.25, 0.3) is 0 Å². The van der Waals surface area contributed by atoms with Crippen molar-refractivity contribution in [1.82, 2.24) is 5.32 Å². The molecule has 5 heteroatoms. The van der Waals surface area contributed by atoms with E-state index < -0.39 is 11.6 Å². The van der Waals surface area contributed by atoms with Gasteiger partial charge in [0.2, 0.25) is 0 Å². The van der Waals surface area contributed by atoms with Gasteiger partial charge in [-0.05, 0) is 36.9 Å². The third kappa shape index (κ3) is 2.97. The van der Waals surface area contributed by atoms with Crippen LogP contribution in [0.5, 0.6) is 11.5 Å². The number of rotatable bonds is 4. The van der Waals surface area contributed by atoms with Gasteiger partial charge in [0.1, 0.15) is 36.3 Å². The molecule has 1 atom stereocenters. The van der Waals surface area contributed by atoms with Gasteiger partial charge in [0.25, 0.3) is 0 Å². The Labute approximate surface area is 121 Å². The van der Waals surface area contributed by atoms with E-state index in [0.29, 0.717) is 17.9 Å². The quantitative estimate of drug-likeness (QED) is 0.938. The van der Waals surface area contributed by atoms with Crippen LogP contribution in [-0.2, 0) is 6.61 Å². The van der Waals surface area contributed by atoms with E-state index >= 15 is 0 Å². The summed E-state index contributed by atoms with van der Waals surface area (Å²) >= 11 is 0. The lowest BCUT2D eigenvalue weighted by molar-refractivity contribution is 0.297. The third-order valence-corrected chi connectivity index (χ3v) is 3.44. The molecule has 0 aliphatic carbocycles. The summed E-state index contributed by atoms with van der Waals surface area (Å²) in [6.45, 7) is 0.688. The number of hydrogen-bond acceptors (Lipinski definition) is 3. The van der Waals surface area contributed by atoms with Gasteiger partial charge in [-0.15, -0.1) is 0 Å². The van der Waals surface area contributed by atoms with E-state index in [0.717, 1.165) is 17.4 Å². The van der Waals surface area contributed by atoms with Crippen LogP contribution in [0.4, 0.5) is 8.78 Å². The molecule has 0 fully saturated rings. The Balaban J connectivity index is 1.71. The largest absolute Gasteiger partial charge is 0.491 e. The fourth-order valence-corrected chi connectivity index (χ4v) is 2.38. The maximum atomic E-state index is 13.1. The maximum absolute atomic E-state index is 13.1. The summed E-state index contributed by atoms with van der Waals surface area (Å²) in [4.78, 5) is 0. The van der Waals surface area contributed by atoms with Crippen molar-refractivity contribution in [3.8, 4) is 11.5 Å².